The van der Waals surface area contributed by atoms with Gasteiger partial charge in [0.25, 0.3) is 0 Å². The second kappa shape index (κ2) is 83.6. The molecule has 0 radical (unpaired) electrons. The Bertz CT molecular complexity index is 2560. The van der Waals surface area contributed by atoms with E-state index < -0.39 is 26.5 Å². The van der Waals surface area contributed by atoms with Crippen molar-refractivity contribution in [2.24, 2.45) is 0 Å². The number of rotatable bonds is 77. The van der Waals surface area contributed by atoms with Crippen LogP contribution >= 0.6 is 7.82 Å². The summed E-state index contributed by atoms with van der Waals surface area (Å²) in [6.45, 7) is 4.21. The molecule has 1 N–H and O–H groups in total. The minimum atomic E-state index is -4.41. The molecule has 9 nitrogen and oxygen atoms in total. The molecule has 0 amide bonds. The van der Waals surface area contributed by atoms with Crippen LogP contribution in [0, 0.1) is 0 Å². The number of unbranched alkanes of at least 4 members (excludes halogenated alkanes) is 29. The molecule has 0 bridgehead atoms. The van der Waals surface area contributed by atoms with Gasteiger partial charge in [-0.15, -0.1) is 0 Å². The number of hydrogen-bond donors (Lipinski definition) is 1. The van der Waals surface area contributed by atoms with Gasteiger partial charge in [0.2, 0.25) is 0 Å². The molecule has 0 spiro atoms. The summed E-state index contributed by atoms with van der Waals surface area (Å²) >= 11 is 0. The van der Waals surface area contributed by atoms with Gasteiger partial charge in [-0.25, -0.2) is 4.57 Å². The van der Waals surface area contributed by atoms with E-state index in [-0.39, 0.29) is 32.0 Å². The Kier molecular flexibility index (Phi) is 79.4. The van der Waals surface area contributed by atoms with Crippen LogP contribution < -0.4 is 0 Å². The van der Waals surface area contributed by atoms with E-state index in [2.05, 4.69) is 220 Å². The van der Waals surface area contributed by atoms with Crippen molar-refractivity contribution in [3.8, 4) is 0 Å². The second-order valence-electron chi connectivity index (χ2n) is 29.1. The number of phosphoric acid groups is 1. The monoisotopic (exact) mass is 1490 g/mol. The zero-order valence-corrected chi connectivity index (χ0v) is 69.5. The first kappa shape index (κ1) is 101. The van der Waals surface area contributed by atoms with Gasteiger partial charge in [0.05, 0.1) is 27.7 Å². The highest BCUT2D eigenvalue weighted by Gasteiger charge is 2.27. The largest absolute Gasteiger partial charge is 0.472 e. The quantitative estimate of drug-likeness (QED) is 0.0211. The highest BCUT2D eigenvalue weighted by molar-refractivity contribution is 7.47. The van der Waals surface area contributed by atoms with Gasteiger partial charge in [0.1, 0.15) is 19.8 Å². The van der Waals surface area contributed by atoms with Gasteiger partial charge >= 0.3 is 19.8 Å². The van der Waals surface area contributed by atoms with Crippen LogP contribution in [-0.2, 0) is 32.7 Å². The predicted molar refractivity (Wildman–Crippen MR) is 463 cm³/mol. The molecule has 0 heterocycles. The molecule has 0 aliphatic heterocycles. The summed E-state index contributed by atoms with van der Waals surface area (Å²) in [6, 6.07) is 0. The third-order valence-electron chi connectivity index (χ3n) is 17.8. The van der Waals surface area contributed by atoms with E-state index in [1.165, 1.54) is 148 Å². The normalized spacial score (nSPS) is 14.1. The van der Waals surface area contributed by atoms with E-state index in [9.17, 15) is 19.0 Å². The van der Waals surface area contributed by atoms with Crippen molar-refractivity contribution in [2.45, 2.75) is 341 Å². The highest BCUT2D eigenvalue weighted by Crippen LogP contribution is 2.43. The molecule has 600 valence electrons. The molecule has 0 fully saturated rings. The van der Waals surface area contributed by atoms with E-state index in [4.69, 9.17) is 18.5 Å². The lowest BCUT2D eigenvalue weighted by Gasteiger charge is -2.24. The molecule has 0 aromatic rings. The van der Waals surface area contributed by atoms with Crippen molar-refractivity contribution >= 4 is 19.8 Å². The zero-order valence-electron chi connectivity index (χ0n) is 68.6. The SMILES string of the molecule is CC/C=C\C/C=C\C/C=C\C/C=C\C/C=C\C/C=C\C/C=C\C/C=C\C/C=C\C/C=C\CCCCCCCCCCCCC(=O)OC(COC(=O)CCCCCCCCCCCCCCCCCCCCC/C=C\C/C=C\C/C=C\C/C=C\C/C=C\C/C=C\C/C=C\CC)COP(=O)(O)OCC[N+](C)(C)C. The fourth-order valence-electron chi connectivity index (χ4n) is 11.4. The summed E-state index contributed by atoms with van der Waals surface area (Å²) in [5, 5.41) is 0. The number of ether oxygens (including phenoxy) is 2. The maximum absolute atomic E-state index is 12.9. The summed E-state index contributed by atoms with van der Waals surface area (Å²) in [4.78, 5) is 36.1. The first-order valence-electron chi connectivity index (χ1n) is 42.8. The summed E-state index contributed by atoms with van der Waals surface area (Å²) in [6.07, 6.45) is 131. The lowest BCUT2D eigenvalue weighted by atomic mass is 10.0. The Morgan fingerprint density at radius 2 is 0.509 bits per heavy atom. The number of carbonyl (C=O) groups is 2. The Hall–Kier alpha value is -5.41. The molecule has 0 aliphatic carbocycles. The Morgan fingerprint density at radius 1 is 0.292 bits per heavy atom. The number of quaternary nitrogens is 1. The summed E-state index contributed by atoms with van der Waals surface area (Å²) in [5.41, 5.74) is 0. The molecular weight excluding hydrogens is 1330 g/mol. The second-order valence-corrected chi connectivity index (χ2v) is 30.6. The van der Waals surface area contributed by atoms with E-state index in [1.807, 2.05) is 21.1 Å². The van der Waals surface area contributed by atoms with E-state index in [0.717, 1.165) is 154 Å². The van der Waals surface area contributed by atoms with Gasteiger partial charge < -0.3 is 18.9 Å². The molecular formula is C96H159NO8P+. The standard InChI is InChI=1S/C96H158NO8P/c1-6-8-10-12-14-16-18-20-22-24-26-28-30-32-34-36-38-40-42-44-46-48-50-52-54-56-58-60-62-64-66-68-70-72-74-76-78-80-82-84-86-88-95(98)102-92-94(93-104-106(100,101)103-91-90-97(3,4)5)105-96(99)89-87-85-83-81-79-77-75-73-71-69-67-65-63-61-59-57-55-53-51-49-47-45-43-41-39-37-35-33-31-29-27-25-23-21-19-17-15-13-11-9-7-2/h8-11,14-17,20-23,26-29,32-35,38-41,44-47,51,53,57,59,63,65,94H,6-7,12-13,18-19,24-25,30-31,36-37,42-43,48-50,52,54-56,58,60-62,64,66-93H2,1-5H3/p+1/b10-8-,11-9-,16-14-,17-15-,22-20-,23-21-,28-26-,29-27-,34-32-,35-33-,40-38-,41-39-,46-44-,47-45-,53-51-,59-57-,65-63-. The van der Waals surface area contributed by atoms with Gasteiger partial charge in [-0.1, -0.05) is 381 Å². The number of hydrogen-bond acceptors (Lipinski definition) is 7. The number of phosphoric ester groups is 1. The van der Waals surface area contributed by atoms with Gasteiger partial charge in [-0.3, -0.25) is 18.6 Å². The van der Waals surface area contributed by atoms with Crippen LogP contribution in [-0.4, -0.2) is 74.9 Å². The molecule has 2 unspecified atom stereocenters. The molecule has 10 heteroatoms. The Morgan fingerprint density at radius 3 is 0.755 bits per heavy atom. The van der Waals surface area contributed by atoms with Gasteiger partial charge in [-0.05, 0) is 148 Å². The zero-order chi connectivity index (χ0) is 76.8. The molecule has 0 rings (SSSR count). The first-order valence-corrected chi connectivity index (χ1v) is 44.3. The van der Waals surface area contributed by atoms with Crippen LogP contribution in [0.15, 0.2) is 207 Å². The van der Waals surface area contributed by atoms with Gasteiger partial charge in [0.15, 0.2) is 6.10 Å². The minimum Gasteiger partial charge on any atom is -0.462 e. The molecule has 0 aromatic carbocycles. The average molecular weight is 1490 g/mol. The lowest BCUT2D eigenvalue weighted by Crippen LogP contribution is -2.37. The van der Waals surface area contributed by atoms with Crippen LogP contribution in [0.3, 0.4) is 0 Å². The number of allylic oxidation sites excluding steroid dienone is 34. The van der Waals surface area contributed by atoms with Crippen molar-refractivity contribution in [3.63, 3.8) is 0 Å². The van der Waals surface area contributed by atoms with Crippen LogP contribution in [0.4, 0.5) is 0 Å². The van der Waals surface area contributed by atoms with E-state index in [1.54, 1.807) is 0 Å². The molecule has 0 aliphatic rings. The van der Waals surface area contributed by atoms with Crippen LogP contribution in [0.5, 0.6) is 0 Å². The summed E-state index contributed by atoms with van der Waals surface area (Å²) < 4.78 is 34.9. The third kappa shape index (κ3) is 87.5. The van der Waals surface area contributed by atoms with Gasteiger partial charge in [-0.2, -0.15) is 0 Å². The number of likely N-dealkylation sites (N-methyl/N-ethyl adjacent to an activating group) is 1. The van der Waals surface area contributed by atoms with Crippen molar-refractivity contribution in [3.05, 3.63) is 207 Å². The molecule has 0 saturated heterocycles. The predicted octanol–water partition coefficient (Wildman–Crippen LogP) is 29.3. The van der Waals surface area contributed by atoms with Crippen LogP contribution in [0.25, 0.3) is 0 Å². The van der Waals surface area contributed by atoms with Crippen molar-refractivity contribution in [1.29, 1.82) is 0 Å². The number of esters is 2. The topological polar surface area (TPSA) is 108 Å². The lowest BCUT2D eigenvalue weighted by molar-refractivity contribution is -0.870. The van der Waals surface area contributed by atoms with E-state index >= 15 is 0 Å². The summed E-state index contributed by atoms with van der Waals surface area (Å²) in [5.74, 6) is -0.803. The number of nitrogens with zero attached hydrogens (tertiary/aromatic N) is 1. The molecule has 0 aromatic heterocycles. The highest BCUT2D eigenvalue weighted by atomic mass is 31.2. The molecule has 0 saturated carbocycles. The van der Waals surface area contributed by atoms with E-state index in [0.29, 0.717) is 17.4 Å². The third-order valence-corrected chi connectivity index (χ3v) is 18.8. The molecule has 106 heavy (non-hydrogen) atoms. The Balaban J connectivity index is 4.01. The van der Waals surface area contributed by atoms with Crippen molar-refractivity contribution in [1.82, 2.24) is 0 Å². The maximum atomic E-state index is 12.9. The fraction of sp³-hybridized carbons (Fsp3) is 0.625. The average Bonchev–Trinajstić information content (AvgIpc) is 0.908. The Labute approximate surface area is 653 Å². The first-order chi connectivity index (χ1) is 52.0. The smallest absolute Gasteiger partial charge is 0.462 e. The fourth-order valence-corrected chi connectivity index (χ4v) is 12.1. The van der Waals surface area contributed by atoms with Crippen LogP contribution in [0.2, 0.25) is 0 Å². The minimum absolute atomic E-state index is 0.0235. The van der Waals surface area contributed by atoms with Crippen molar-refractivity contribution in [2.75, 3.05) is 47.5 Å². The summed E-state index contributed by atoms with van der Waals surface area (Å²) in [7, 11) is 1.46. The van der Waals surface area contributed by atoms with Crippen LogP contribution in [0.1, 0.15) is 335 Å². The van der Waals surface area contributed by atoms with Crippen molar-refractivity contribution < 1.29 is 42.1 Å². The maximum Gasteiger partial charge on any atom is 0.472 e. The van der Waals surface area contributed by atoms with Gasteiger partial charge in [0, 0.05) is 12.8 Å². The molecule has 2 atom stereocenters. The number of carbonyl (C=O) groups excluding carboxylic acids is 2.